The minimum Gasteiger partial charge on any atom is -0.457 e. The van der Waals surface area contributed by atoms with E-state index in [0.717, 1.165) is 4.47 Å². The highest BCUT2D eigenvalue weighted by Gasteiger charge is 2.17. The van der Waals surface area contributed by atoms with Crippen LogP contribution in [-0.2, 0) is 4.79 Å². The largest absolute Gasteiger partial charge is 0.457 e. The molecule has 1 atom stereocenters. The van der Waals surface area contributed by atoms with E-state index in [2.05, 4.69) is 15.9 Å². The lowest BCUT2D eigenvalue weighted by Gasteiger charge is -2.11. The van der Waals surface area contributed by atoms with Crippen molar-refractivity contribution < 1.29 is 18.7 Å². The van der Waals surface area contributed by atoms with E-state index in [4.69, 9.17) is 25.5 Å². The molecule has 0 aliphatic rings. The van der Waals surface area contributed by atoms with Crippen molar-refractivity contribution in [2.45, 2.75) is 19.2 Å². The van der Waals surface area contributed by atoms with Crippen LogP contribution >= 0.6 is 27.5 Å². The van der Waals surface area contributed by atoms with Gasteiger partial charge in [0.25, 0.3) is 0 Å². The molecular formula is C19H14BrClO5. The van der Waals surface area contributed by atoms with Crippen molar-refractivity contribution in [2.75, 3.05) is 0 Å². The highest BCUT2D eigenvalue weighted by molar-refractivity contribution is 9.10. The maximum atomic E-state index is 12.8. The normalized spacial score (nSPS) is 12.0. The lowest BCUT2D eigenvalue weighted by atomic mass is 10.2. The van der Waals surface area contributed by atoms with Crippen LogP contribution in [0.5, 0.6) is 17.2 Å². The molecule has 3 rings (SSSR count). The molecule has 0 radical (unpaired) electrons. The first-order valence-corrected chi connectivity index (χ1v) is 8.95. The molecule has 0 fully saturated rings. The molecule has 7 heteroatoms. The second-order valence-corrected chi connectivity index (χ2v) is 7.05. The van der Waals surface area contributed by atoms with E-state index >= 15 is 0 Å². The van der Waals surface area contributed by atoms with Crippen LogP contribution in [0.4, 0.5) is 0 Å². The van der Waals surface area contributed by atoms with Crippen molar-refractivity contribution in [1.29, 1.82) is 0 Å². The Morgan fingerprint density at radius 2 is 1.96 bits per heavy atom. The summed E-state index contributed by atoms with van der Waals surface area (Å²) in [6.45, 7) is 3.15. The van der Waals surface area contributed by atoms with Crippen molar-refractivity contribution in [3.63, 3.8) is 0 Å². The number of halogens is 2. The summed E-state index contributed by atoms with van der Waals surface area (Å²) in [5.41, 5.74) is -0.0254. The fraction of sp³-hybridized carbons (Fsp3) is 0.158. The summed E-state index contributed by atoms with van der Waals surface area (Å²) in [5.74, 6) is 0.579. The minimum atomic E-state index is -0.778. The molecule has 26 heavy (non-hydrogen) atoms. The predicted octanol–water partition coefficient (Wildman–Crippen LogP) is 5.19. The number of alkyl halides is 1. The number of carbonyl (C=O) groups excluding carboxylic acids is 1. The van der Waals surface area contributed by atoms with Gasteiger partial charge in [-0.15, -0.1) is 11.6 Å². The summed E-state index contributed by atoms with van der Waals surface area (Å²) >= 11 is 9.07. The van der Waals surface area contributed by atoms with E-state index in [1.165, 1.54) is 25.1 Å². The van der Waals surface area contributed by atoms with Crippen molar-refractivity contribution in [2.24, 2.45) is 0 Å². The van der Waals surface area contributed by atoms with E-state index in [0.29, 0.717) is 22.5 Å². The Bertz CT molecular complexity index is 1040. The first-order valence-electron chi connectivity index (χ1n) is 7.72. The fourth-order valence-electron chi connectivity index (χ4n) is 2.28. The van der Waals surface area contributed by atoms with Gasteiger partial charge in [-0.05, 0) is 54.0 Å². The van der Waals surface area contributed by atoms with Gasteiger partial charge < -0.3 is 13.9 Å². The summed E-state index contributed by atoms with van der Waals surface area (Å²) in [6.07, 6.45) is 0. The molecule has 0 aliphatic carbocycles. The minimum absolute atomic E-state index is 0.100. The average Bonchev–Trinajstić information content (AvgIpc) is 2.59. The van der Waals surface area contributed by atoms with Gasteiger partial charge in [0.05, 0.1) is 9.86 Å². The molecular weight excluding hydrogens is 424 g/mol. The van der Waals surface area contributed by atoms with Crippen LogP contribution in [0.15, 0.2) is 56.1 Å². The second kappa shape index (κ2) is 7.51. The molecule has 0 bridgehead atoms. The summed E-state index contributed by atoms with van der Waals surface area (Å²) < 4.78 is 17.3. The molecule has 1 aromatic heterocycles. The highest BCUT2D eigenvalue weighted by Crippen LogP contribution is 2.31. The molecule has 0 saturated heterocycles. The summed E-state index contributed by atoms with van der Waals surface area (Å²) in [5, 5.41) is -0.462. The highest BCUT2D eigenvalue weighted by atomic mass is 79.9. The van der Waals surface area contributed by atoms with Crippen LogP contribution in [0, 0.1) is 6.92 Å². The number of fused-ring (bicyclic) bond motifs is 1. The van der Waals surface area contributed by atoms with Crippen LogP contribution in [0.2, 0.25) is 0 Å². The van der Waals surface area contributed by atoms with Crippen molar-refractivity contribution in [3.8, 4) is 17.2 Å². The average molecular weight is 438 g/mol. The smallest absolute Gasteiger partial charge is 0.329 e. The van der Waals surface area contributed by atoms with Crippen LogP contribution < -0.4 is 14.9 Å². The van der Waals surface area contributed by atoms with E-state index in [1.54, 1.807) is 19.1 Å². The molecule has 2 aromatic carbocycles. The number of rotatable bonds is 4. The molecule has 3 aromatic rings. The van der Waals surface area contributed by atoms with Crippen molar-refractivity contribution >= 4 is 44.5 Å². The molecule has 0 N–H and O–H groups in total. The Balaban J connectivity index is 2.02. The molecule has 1 heterocycles. The van der Waals surface area contributed by atoms with Gasteiger partial charge in [-0.25, -0.2) is 0 Å². The molecule has 0 saturated carbocycles. The lowest BCUT2D eigenvalue weighted by molar-refractivity contribution is -0.133. The summed E-state index contributed by atoms with van der Waals surface area (Å²) in [7, 11) is 0. The zero-order valence-electron chi connectivity index (χ0n) is 13.9. The quantitative estimate of drug-likeness (QED) is 0.319. The van der Waals surface area contributed by atoms with Gasteiger partial charge >= 0.3 is 5.97 Å². The Kier molecular flexibility index (Phi) is 5.34. The third-order valence-corrected chi connectivity index (χ3v) is 4.41. The van der Waals surface area contributed by atoms with Crippen LogP contribution in [0.1, 0.15) is 12.7 Å². The van der Waals surface area contributed by atoms with Crippen molar-refractivity contribution in [3.05, 3.63) is 62.9 Å². The van der Waals surface area contributed by atoms with Gasteiger partial charge in [0.15, 0.2) is 0 Å². The Morgan fingerprint density at radius 1 is 1.23 bits per heavy atom. The van der Waals surface area contributed by atoms with Gasteiger partial charge in [-0.1, -0.05) is 12.1 Å². The van der Waals surface area contributed by atoms with Gasteiger partial charge in [-0.2, -0.15) is 0 Å². The predicted molar refractivity (Wildman–Crippen MR) is 102 cm³/mol. The molecule has 0 spiro atoms. The van der Waals surface area contributed by atoms with Crippen LogP contribution in [0.3, 0.4) is 0 Å². The Morgan fingerprint density at radius 3 is 2.65 bits per heavy atom. The lowest BCUT2D eigenvalue weighted by Crippen LogP contribution is -2.17. The Hall–Kier alpha value is -2.31. The fourth-order valence-corrected chi connectivity index (χ4v) is 2.69. The summed E-state index contributed by atoms with van der Waals surface area (Å²) in [4.78, 5) is 24.4. The number of benzene rings is 2. The van der Waals surface area contributed by atoms with Gasteiger partial charge in [0, 0.05) is 6.07 Å². The van der Waals surface area contributed by atoms with Crippen molar-refractivity contribution in [1.82, 2.24) is 0 Å². The number of aryl methyl sites for hydroxylation is 1. The molecule has 5 nitrogen and oxygen atoms in total. The maximum absolute atomic E-state index is 12.8. The van der Waals surface area contributed by atoms with E-state index < -0.39 is 11.3 Å². The summed E-state index contributed by atoms with van der Waals surface area (Å²) in [6, 6.07) is 11.7. The number of hydrogen-bond acceptors (Lipinski definition) is 5. The van der Waals surface area contributed by atoms with Crippen LogP contribution in [-0.4, -0.2) is 11.3 Å². The monoisotopic (exact) mass is 436 g/mol. The van der Waals surface area contributed by atoms with Gasteiger partial charge in [0.1, 0.15) is 28.2 Å². The third kappa shape index (κ3) is 3.76. The molecule has 0 aliphatic heterocycles. The van der Waals surface area contributed by atoms with E-state index in [9.17, 15) is 9.59 Å². The molecule has 0 amide bonds. The second-order valence-electron chi connectivity index (χ2n) is 5.54. The number of esters is 1. The maximum Gasteiger partial charge on any atom is 0.329 e. The van der Waals surface area contributed by atoms with Gasteiger partial charge in [-0.3, -0.25) is 9.59 Å². The first-order chi connectivity index (χ1) is 12.4. The van der Waals surface area contributed by atoms with E-state index in [1.807, 2.05) is 12.1 Å². The molecule has 1 unspecified atom stereocenters. The zero-order valence-corrected chi connectivity index (χ0v) is 16.3. The number of ether oxygens (including phenoxy) is 2. The molecule has 134 valence electrons. The number of carbonyl (C=O) groups is 1. The Labute approximate surface area is 162 Å². The standard InChI is InChI=1S/C19H14BrClO5/c1-10(21)19(23)25-12-7-8-13-16(9-12)24-11(2)18(17(13)22)26-15-6-4-3-5-14(15)20/h3-10H,1-2H3. The third-order valence-electron chi connectivity index (χ3n) is 3.58. The SMILES string of the molecule is Cc1oc2cc(OC(=O)C(C)Cl)ccc2c(=O)c1Oc1ccccc1Br. The number of para-hydroxylation sites is 1. The zero-order chi connectivity index (χ0) is 18.8. The number of hydrogen-bond donors (Lipinski definition) is 0. The topological polar surface area (TPSA) is 65.7 Å². The van der Waals surface area contributed by atoms with Gasteiger partial charge in [0.2, 0.25) is 11.2 Å². The first kappa shape index (κ1) is 18.5. The van der Waals surface area contributed by atoms with E-state index in [-0.39, 0.29) is 16.9 Å². The van der Waals surface area contributed by atoms with Crippen LogP contribution in [0.25, 0.3) is 11.0 Å².